The topological polar surface area (TPSA) is 35.2 Å². The van der Waals surface area contributed by atoms with Gasteiger partial charge in [-0.15, -0.1) is 0 Å². The van der Waals surface area contributed by atoms with Crippen molar-refractivity contribution >= 4 is 23.2 Å². The van der Waals surface area contributed by atoms with Gasteiger partial charge in [-0.25, -0.2) is 0 Å². The van der Waals surface area contributed by atoms with Crippen molar-refractivity contribution in [2.75, 3.05) is 0 Å². The van der Waals surface area contributed by atoms with Crippen LogP contribution in [0, 0.1) is 0 Å². The molecule has 0 aliphatic rings. The molecule has 0 saturated carbocycles. The molecule has 112 valence electrons. The van der Waals surface area contributed by atoms with Crippen LogP contribution in [0.2, 0.25) is 10.0 Å². The molecule has 0 bridgehead atoms. The van der Waals surface area contributed by atoms with Gasteiger partial charge in [0.05, 0.1) is 10.6 Å². The van der Waals surface area contributed by atoms with Gasteiger partial charge in [0.1, 0.15) is 16.5 Å². The molecule has 0 radical (unpaired) electrons. The number of hydrogen-bond acceptors (Lipinski definition) is 2. The first kappa shape index (κ1) is 15.9. The molecule has 0 spiro atoms. The van der Waals surface area contributed by atoms with Crippen LogP contribution in [0.25, 0.3) is 0 Å². The Labute approximate surface area is 129 Å². The summed E-state index contributed by atoms with van der Waals surface area (Å²) in [6, 6.07) is 8.11. The van der Waals surface area contributed by atoms with Gasteiger partial charge in [0.25, 0.3) is 0 Å². The molecular weight excluding hydrogens is 326 g/mol. The third-order valence-electron chi connectivity index (χ3n) is 2.72. The molecule has 0 heterocycles. The van der Waals surface area contributed by atoms with Gasteiger partial charge >= 0.3 is 6.18 Å². The van der Waals surface area contributed by atoms with Crippen LogP contribution in [-0.4, -0.2) is 0 Å². The Kier molecular flexibility index (Phi) is 4.66. The number of nitrogens with two attached hydrogens (primary N) is 1. The summed E-state index contributed by atoms with van der Waals surface area (Å²) >= 11 is 11.7. The van der Waals surface area contributed by atoms with Gasteiger partial charge in [0, 0.05) is 6.54 Å². The van der Waals surface area contributed by atoms with Crippen molar-refractivity contribution in [2.24, 2.45) is 5.73 Å². The Morgan fingerprint density at radius 2 is 1.76 bits per heavy atom. The number of rotatable bonds is 3. The molecule has 0 aromatic heterocycles. The van der Waals surface area contributed by atoms with Crippen LogP contribution < -0.4 is 10.5 Å². The van der Waals surface area contributed by atoms with E-state index in [0.29, 0.717) is 5.56 Å². The van der Waals surface area contributed by atoms with Crippen LogP contribution in [0.4, 0.5) is 13.2 Å². The van der Waals surface area contributed by atoms with Gasteiger partial charge in [-0.3, -0.25) is 0 Å². The lowest BCUT2D eigenvalue weighted by atomic mass is 10.1. The summed E-state index contributed by atoms with van der Waals surface area (Å²) in [5.74, 6) is -0.306. The van der Waals surface area contributed by atoms with Gasteiger partial charge in [0.2, 0.25) is 0 Å². The van der Waals surface area contributed by atoms with Crippen LogP contribution >= 0.6 is 23.2 Å². The highest BCUT2D eigenvalue weighted by Gasteiger charge is 2.35. The van der Waals surface area contributed by atoms with Crippen molar-refractivity contribution in [1.82, 2.24) is 0 Å². The number of alkyl halides is 3. The molecule has 21 heavy (non-hydrogen) atoms. The van der Waals surface area contributed by atoms with Gasteiger partial charge in [-0.1, -0.05) is 35.3 Å². The van der Waals surface area contributed by atoms with E-state index in [9.17, 15) is 13.2 Å². The first-order chi connectivity index (χ1) is 9.82. The van der Waals surface area contributed by atoms with E-state index in [4.69, 9.17) is 33.7 Å². The molecule has 0 atom stereocenters. The molecule has 7 heteroatoms. The van der Waals surface area contributed by atoms with Gasteiger partial charge in [-0.2, -0.15) is 13.2 Å². The first-order valence-corrected chi connectivity index (χ1v) is 6.60. The molecule has 2 rings (SSSR count). The predicted molar refractivity (Wildman–Crippen MR) is 75.9 cm³/mol. The predicted octanol–water partition coefficient (Wildman–Crippen LogP) is 5.26. The molecule has 0 saturated heterocycles. The Morgan fingerprint density at radius 3 is 2.38 bits per heavy atom. The number of hydrogen-bond donors (Lipinski definition) is 1. The van der Waals surface area contributed by atoms with E-state index < -0.39 is 11.7 Å². The van der Waals surface area contributed by atoms with Crippen LogP contribution in [0.1, 0.15) is 11.1 Å². The Morgan fingerprint density at radius 1 is 1.05 bits per heavy atom. The molecule has 0 unspecified atom stereocenters. The zero-order chi connectivity index (χ0) is 15.6. The van der Waals surface area contributed by atoms with Crippen molar-refractivity contribution in [3.05, 3.63) is 57.6 Å². The second-order valence-corrected chi connectivity index (χ2v) is 4.97. The second kappa shape index (κ2) is 6.13. The third-order valence-corrected chi connectivity index (χ3v) is 3.52. The summed E-state index contributed by atoms with van der Waals surface area (Å²) in [4.78, 5) is 0. The van der Waals surface area contributed by atoms with E-state index in [0.717, 1.165) is 6.07 Å². The van der Waals surface area contributed by atoms with Crippen LogP contribution in [0.5, 0.6) is 11.5 Å². The second-order valence-electron chi connectivity index (χ2n) is 4.19. The number of halogens is 5. The Balaban J connectivity index is 2.46. The van der Waals surface area contributed by atoms with Crippen LogP contribution in [0.15, 0.2) is 36.4 Å². The van der Waals surface area contributed by atoms with Crippen molar-refractivity contribution in [1.29, 1.82) is 0 Å². The zero-order valence-corrected chi connectivity index (χ0v) is 12.1. The summed E-state index contributed by atoms with van der Waals surface area (Å²) in [5.41, 5.74) is 4.80. The largest absolute Gasteiger partial charge is 0.455 e. The fourth-order valence-corrected chi connectivity index (χ4v) is 2.03. The average molecular weight is 336 g/mol. The van der Waals surface area contributed by atoms with Crippen molar-refractivity contribution in [3.63, 3.8) is 0 Å². The van der Waals surface area contributed by atoms with E-state index >= 15 is 0 Å². The van der Waals surface area contributed by atoms with Crippen molar-refractivity contribution in [3.8, 4) is 11.5 Å². The van der Waals surface area contributed by atoms with Crippen LogP contribution in [0.3, 0.4) is 0 Å². The number of ether oxygens (including phenoxy) is 1. The van der Waals surface area contributed by atoms with Crippen molar-refractivity contribution < 1.29 is 17.9 Å². The summed E-state index contributed by atoms with van der Waals surface area (Å²) in [7, 11) is 0. The fraction of sp³-hybridized carbons (Fsp3) is 0.143. The minimum absolute atomic E-state index is 0.00127. The van der Waals surface area contributed by atoms with Crippen molar-refractivity contribution in [2.45, 2.75) is 12.7 Å². The minimum atomic E-state index is -4.56. The lowest BCUT2D eigenvalue weighted by Crippen LogP contribution is -2.09. The molecule has 2 aromatic rings. The molecule has 0 aliphatic heterocycles. The Bertz CT molecular complexity index is 659. The van der Waals surface area contributed by atoms with E-state index in [2.05, 4.69) is 0 Å². The maximum Gasteiger partial charge on any atom is 0.419 e. The number of benzene rings is 2. The summed E-state index contributed by atoms with van der Waals surface area (Å²) in [5, 5.41) is 0.247. The first-order valence-electron chi connectivity index (χ1n) is 5.85. The lowest BCUT2D eigenvalue weighted by molar-refractivity contribution is -0.138. The lowest BCUT2D eigenvalue weighted by Gasteiger charge is -2.15. The molecule has 0 aliphatic carbocycles. The zero-order valence-electron chi connectivity index (χ0n) is 10.5. The van der Waals surface area contributed by atoms with Gasteiger partial charge in [0.15, 0.2) is 0 Å². The summed E-state index contributed by atoms with van der Waals surface area (Å²) < 4.78 is 44.5. The molecule has 2 N–H and O–H groups in total. The monoisotopic (exact) mass is 335 g/mol. The molecule has 0 fully saturated rings. The standard InChI is InChI=1S/C14H10Cl2F3NO/c15-10-2-1-3-12(13(10)16)21-11-5-4-8(7-20)6-9(11)14(17,18)19/h1-6H,7,20H2. The smallest absolute Gasteiger partial charge is 0.419 e. The quantitative estimate of drug-likeness (QED) is 0.829. The average Bonchev–Trinajstić information content (AvgIpc) is 2.43. The summed E-state index contributed by atoms with van der Waals surface area (Å²) in [6.07, 6.45) is -4.56. The van der Waals surface area contributed by atoms with E-state index in [1.807, 2.05) is 0 Å². The third kappa shape index (κ3) is 3.61. The molecule has 2 nitrogen and oxygen atoms in total. The highest BCUT2D eigenvalue weighted by Crippen LogP contribution is 2.41. The van der Waals surface area contributed by atoms with Gasteiger partial charge < -0.3 is 10.5 Å². The molecular formula is C14H10Cl2F3NO. The highest BCUT2D eigenvalue weighted by atomic mass is 35.5. The van der Waals surface area contributed by atoms with Crippen LogP contribution in [-0.2, 0) is 12.7 Å². The maximum atomic E-state index is 13.1. The minimum Gasteiger partial charge on any atom is -0.455 e. The molecule has 2 aromatic carbocycles. The van der Waals surface area contributed by atoms with Gasteiger partial charge in [-0.05, 0) is 29.8 Å². The maximum absolute atomic E-state index is 13.1. The summed E-state index contributed by atoms with van der Waals surface area (Å²) in [6.45, 7) is 0.00127. The fourth-order valence-electron chi connectivity index (χ4n) is 1.70. The normalized spacial score (nSPS) is 11.5. The highest BCUT2D eigenvalue weighted by molar-refractivity contribution is 6.42. The Hall–Kier alpha value is -1.43. The molecule has 0 amide bonds. The van der Waals surface area contributed by atoms with E-state index in [1.165, 1.54) is 30.3 Å². The van der Waals surface area contributed by atoms with E-state index in [1.54, 1.807) is 0 Å². The SMILES string of the molecule is NCc1ccc(Oc2cccc(Cl)c2Cl)c(C(F)(F)F)c1. The van der Waals surface area contributed by atoms with E-state index in [-0.39, 0.29) is 28.1 Å².